The van der Waals surface area contributed by atoms with E-state index in [4.69, 9.17) is 28.7 Å². The third kappa shape index (κ3) is 16.9. The number of carbonyl (C=O) groups excluding carboxylic acids is 4. The van der Waals surface area contributed by atoms with Crippen LogP contribution in [0.3, 0.4) is 0 Å². The molecular formula is C32H52Cl3N9O5. The highest BCUT2D eigenvalue weighted by molar-refractivity contribution is 5.94. The Morgan fingerprint density at radius 2 is 1.31 bits per heavy atom. The smallest absolute Gasteiger partial charge is 0.243 e. The zero-order valence-corrected chi connectivity index (χ0v) is 30.3. The first-order valence-electron chi connectivity index (χ1n) is 15.4. The summed E-state index contributed by atoms with van der Waals surface area (Å²) in [6.07, 6.45) is 2.27. The number of hydrogen-bond donors (Lipinski definition) is 9. The first kappa shape index (κ1) is 47.3. The molecule has 2 aromatic rings. The van der Waals surface area contributed by atoms with Crippen molar-refractivity contribution in [1.29, 1.82) is 0 Å². The number of benzene rings is 2. The number of unbranched alkanes of at least 4 members (excludes halogenated alkanes) is 1. The van der Waals surface area contributed by atoms with Crippen LogP contribution in [0.4, 0.5) is 0 Å². The molecule has 0 aromatic heterocycles. The molecule has 0 saturated heterocycles. The van der Waals surface area contributed by atoms with Crippen molar-refractivity contribution in [2.45, 2.75) is 83.0 Å². The predicted molar refractivity (Wildman–Crippen MR) is 199 cm³/mol. The maximum atomic E-state index is 13.8. The highest BCUT2D eigenvalue weighted by Crippen LogP contribution is 2.22. The van der Waals surface area contributed by atoms with Crippen LogP contribution < -0.4 is 44.6 Å². The third-order valence-corrected chi connectivity index (χ3v) is 7.55. The Morgan fingerprint density at radius 3 is 1.86 bits per heavy atom. The number of phenolic OH excluding ortho intramolecular Hbond substituents is 1. The zero-order chi connectivity index (χ0) is 34.2. The first-order valence-corrected chi connectivity index (χ1v) is 15.4. The first-order chi connectivity index (χ1) is 21.8. The molecule has 4 amide bonds. The monoisotopic (exact) mass is 747 g/mol. The lowest BCUT2D eigenvalue weighted by molar-refractivity contribution is -0.133. The standard InChI is InChI=1S/C32H49N9O5.3ClH/c1-19-15-22(42)16-20(2)23(19)18-27(41-29(44)24(34)11-8-14-38-32(36)37)31(46)39-25(12-6-7-13-33)30(45)40-26(28(35)43)17-21-9-4-3-5-10-21;;;/h3-5,9-10,15-16,24-27,42H,6-8,11-14,17-18,33-34H2,1-2H3,(H2,35,43)(H,39,46)(H,40,45)(H,41,44)(H4,36,37,38);3*1H/t24-,25+,26+,27+;;;/m1.../s1. The molecule has 0 saturated carbocycles. The highest BCUT2D eigenvalue weighted by atomic mass is 35.5. The molecule has 0 radical (unpaired) electrons. The van der Waals surface area contributed by atoms with Crippen LogP contribution in [0.5, 0.6) is 5.75 Å². The Labute approximate surface area is 306 Å². The van der Waals surface area contributed by atoms with Crippen molar-refractivity contribution in [3.05, 3.63) is 64.7 Å². The normalized spacial score (nSPS) is 12.7. The number of guanidine groups is 1. The molecule has 0 bridgehead atoms. The van der Waals surface area contributed by atoms with E-state index in [0.29, 0.717) is 36.9 Å². The van der Waals surface area contributed by atoms with E-state index in [1.54, 1.807) is 26.0 Å². The maximum Gasteiger partial charge on any atom is 0.243 e. The largest absolute Gasteiger partial charge is 0.508 e. The number of halogens is 3. The van der Waals surface area contributed by atoms with E-state index < -0.39 is 47.8 Å². The van der Waals surface area contributed by atoms with Gasteiger partial charge in [-0.05, 0) is 86.9 Å². The van der Waals surface area contributed by atoms with E-state index >= 15 is 0 Å². The molecule has 0 spiro atoms. The minimum Gasteiger partial charge on any atom is -0.508 e. The molecule has 4 atom stereocenters. The quantitative estimate of drug-likeness (QED) is 0.0550. The van der Waals surface area contributed by atoms with Crippen LogP contribution in [-0.2, 0) is 32.0 Å². The Hall–Kier alpha value is -3.82. The Kier molecular flexibility index (Phi) is 23.5. The minimum absolute atomic E-state index is 0. The molecule has 0 aliphatic rings. The van der Waals surface area contributed by atoms with E-state index in [1.165, 1.54) is 0 Å². The zero-order valence-electron chi connectivity index (χ0n) is 27.9. The second-order valence-electron chi connectivity index (χ2n) is 11.4. The molecule has 0 aliphatic heterocycles. The molecule has 2 rings (SSSR count). The SMILES string of the molecule is Cc1cc(O)cc(C)c1C[C@H](NC(=O)[C@H](N)CCCN=C(N)N)C(=O)N[C@@H](CCCCN)C(=O)N[C@@H](Cc1ccccc1)C(N)=O.Cl.Cl.Cl. The van der Waals surface area contributed by atoms with E-state index in [1.807, 2.05) is 30.3 Å². The number of nitrogens with zero attached hydrogens (tertiary/aromatic N) is 1. The van der Waals surface area contributed by atoms with Gasteiger partial charge in [0.2, 0.25) is 23.6 Å². The second kappa shape index (κ2) is 24.3. The molecule has 14 nitrogen and oxygen atoms in total. The molecule has 0 unspecified atom stereocenters. The van der Waals surface area contributed by atoms with Gasteiger partial charge >= 0.3 is 0 Å². The lowest BCUT2D eigenvalue weighted by Gasteiger charge is -2.26. The Morgan fingerprint density at radius 1 is 0.755 bits per heavy atom. The summed E-state index contributed by atoms with van der Waals surface area (Å²) in [5.41, 5.74) is 31.1. The van der Waals surface area contributed by atoms with Crippen molar-refractivity contribution in [2.24, 2.45) is 33.7 Å². The number of rotatable bonds is 19. The van der Waals surface area contributed by atoms with Gasteiger partial charge < -0.3 is 49.7 Å². The highest BCUT2D eigenvalue weighted by Gasteiger charge is 2.30. The molecule has 0 aliphatic carbocycles. The minimum atomic E-state index is -1.13. The molecule has 2 aromatic carbocycles. The number of aryl methyl sites for hydroxylation is 2. The Balaban J connectivity index is 0. The van der Waals surface area contributed by atoms with Crippen molar-refractivity contribution in [3.63, 3.8) is 0 Å². The van der Waals surface area contributed by atoms with Crippen molar-refractivity contribution in [3.8, 4) is 5.75 Å². The average Bonchev–Trinajstić information content (AvgIpc) is 2.99. The van der Waals surface area contributed by atoms with E-state index in [0.717, 1.165) is 11.1 Å². The van der Waals surface area contributed by atoms with Gasteiger partial charge in [0.25, 0.3) is 0 Å². The van der Waals surface area contributed by atoms with Crippen LogP contribution in [0.2, 0.25) is 0 Å². The molecule has 14 N–H and O–H groups in total. The van der Waals surface area contributed by atoms with Crippen LogP contribution >= 0.6 is 37.2 Å². The van der Waals surface area contributed by atoms with Crippen LogP contribution in [0, 0.1) is 13.8 Å². The third-order valence-electron chi connectivity index (χ3n) is 7.55. The van der Waals surface area contributed by atoms with Crippen molar-refractivity contribution in [1.82, 2.24) is 16.0 Å². The van der Waals surface area contributed by atoms with Crippen molar-refractivity contribution in [2.75, 3.05) is 13.1 Å². The summed E-state index contributed by atoms with van der Waals surface area (Å²) in [7, 11) is 0. The lowest BCUT2D eigenvalue weighted by Crippen LogP contribution is -2.58. The summed E-state index contributed by atoms with van der Waals surface area (Å²) in [6.45, 7) is 4.25. The van der Waals surface area contributed by atoms with Gasteiger partial charge in [0.15, 0.2) is 5.96 Å². The fourth-order valence-corrected chi connectivity index (χ4v) is 5.01. The number of amides is 4. The summed E-state index contributed by atoms with van der Waals surface area (Å²) in [5, 5.41) is 18.2. The van der Waals surface area contributed by atoms with Crippen molar-refractivity contribution >= 4 is 66.8 Å². The van der Waals surface area contributed by atoms with Gasteiger partial charge in [0.05, 0.1) is 6.04 Å². The lowest BCUT2D eigenvalue weighted by atomic mass is 9.95. The number of hydrogen-bond acceptors (Lipinski definition) is 8. The number of nitrogens with one attached hydrogen (secondary N) is 3. The van der Waals surface area contributed by atoms with Gasteiger partial charge in [-0.1, -0.05) is 30.3 Å². The topological polar surface area (TPSA) is 267 Å². The molecule has 0 fully saturated rings. The summed E-state index contributed by atoms with van der Waals surface area (Å²) < 4.78 is 0. The summed E-state index contributed by atoms with van der Waals surface area (Å²) in [6, 6.07) is 8.07. The van der Waals surface area contributed by atoms with Crippen LogP contribution in [0.15, 0.2) is 47.5 Å². The molecule has 0 heterocycles. The van der Waals surface area contributed by atoms with Gasteiger partial charge in [0.1, 0.15) is 23.9 Å². The van der Waals surface area contributed by atoms with Gasteiger partial charge in [0, 0.05) is 19.4 Å². The maximum absolute atomic E-state index is 13.8. The van der Waals surface area contributed by atoms with Crippen LogP contribution in [-0.4, -0.2) is 72.0 Å². The molecule has 49 heavy (non-hydrogen) atoms. The van der Waals surface area contributed by atoms with E-state index in [-0.39, 0.29) is 81.2 Å². The number of aromatic hydroxyl groups is 1. The summed E-state index contributed by atoms with van der Waals surface area (Å²) in [4.78, 5) is 56.6. The molecule has 17 heteroatoms. The van der Waals surface area contributed by atoms with E-state index in [9.17, 15) is 24.3 Å². The number of carbonyl (C=O) groups is 4. The number of primary amides is 1. The average molecular weight is 749 g/mol. The van der Waals surface area contributed by atoms with Gasteiger partial charge in [-0.15, -0.1) is 37.2 Å². The molecule has 276 valence electrons. The number of aliphatic imine (C=N–C) groups is 1. The second-order valence-corrected chi connectivity index (χ2v) is 11.4. The number of nitrogens with two attached hydrogens (primary N) is 5. The van der Waals surface area contributed by atoms with Gasteiger partial charge in [-0.25, -0.2) is 0 Å². The number of phenols is 1. The van der Waals surface area contributed by atoms with Gasteiger partial charge in [-0.2, -0.15) is 0 Å². The van der Waals surface area contributed by atoms with Crippen LogP contribution in [0.25, 0.3) is 0 Å². The predicted octanol–water partition coefficient (Wildman–Crippen LogP) is 0.509. The fraction of sp³-hybridized carbons (Fsp3) is 0.469. The molecular weight excluding hydrogens is 697 g/mol. The van der Waals surface area contributed by atoms with E-state index in [2.05, 4.69) is 20.9 Å². The van der Waals surface area contributed by atoms with Gasteiger partial charge in [-0.3, -0.25) is 24.2 Å². The fourth-order valence-electron chi connectivity index (χ4n) is 5.01. The van der Waals surface area contributed by atoms with Crippen molar-refractivity contribution < 1.29 is 24.3 Å². The summed E-state index contributed by atoms with van der Waals surface area (Å²) >= 11 is 0. The summed E-state index contributed by atoms with van der Waals surface area (Å²) in [5.74, 6) is -2.51. The van der Waals surface area contributed by atoms with Crippen LogP contribution in [0.1, 0.15) is 54.4 Å². The Bertz CT molecular complexity index is 1340.